The predicted octanol–water partition coefficient (Wildman–Crippen LogP) is 3.59. The molecule has 25 heavy (non-hydrogen) atoms. The molecule has 3 aromatic rings. The number of aryl methyl sites for hydroxylation is 1. The maximum absolute atomic E-state index is 13.7. The first kappa shape index (κ1) is 17.0. The third-order valence-corrected chi connectivity index (χ3v) is 4.06. The van der Waals surface area contributed by atoms with Crippen molar-refractivity contribution in [2.24, 2.45) is 0 Å². The first-order valence-electron chi connectivity index (χ1n) is 7.88. The van der Waals surface area contributed by atoms with Crippen LogP contribution in [-0.4, -0.2) is 25.1 Å². The van der Waals surface area contributed by atoms with Gasteiger partial charge in [-0.3, -0.25) is 9.63 Å². The SMILES string of the molecule is CONC(=O)CCc1c(-c2ccc(OC)cc2)[nH]c2ccc(F)cc12. The molecule has 0 aliphatic carbocycles. The average molecular weight is 342 g/mol. The summed E-state index contributed by atoms with van der Waals surface area (Å²) in [6.07, 6.45) is 0.695. The highest BCUT2D eigenvalue weighted by atomic mass is 19.1. The summed E-state index contributed by atoms with van der Waals surface area (Å²) in [7, 11) is 3.00. The van der Waals surface area contributed by atoms with E-state index < -0.39 is 0 Å². The maximum atomic E-state index is 13.7. The lowest BCUT2D eigenvalue weighted by Gasteiger charge is -2.07. The Morgan fingerprint density at radius 3 is 2.60 bits per heavy atom. The summed E-state index contributed by atoms with van der Waals surface area (Å²) in [6.45, 7) is 0. The molecule has 0 spiro atoms. The Morgan fingerprint density at radius 1 is 1.16 bits per heavy atom. The second-order valence-corrected chi connectivity index (χ2v) is 5.63. The van der Waals surface area contributed by atoms with E-state index in [1.807, 2.05) is 24.3 Å². The van der Waals surface area contributed by atoms with E-state index in [0.717, 1.165) is 33.5 Å². The summed E-state index contributed by atoms with van der Waals surface area (Å²) in [5, 5.41) is 0.774. The van der Waals surface area contributed by atoms with Crippen molar-refractivity contribution >= 4 is 16.8 Å². The first-order valence-corrected chi connectivity index (χ1v) is 7.88. The number of H-pyrrole nitrogens is 1. The number of halogens is 1. The minimum absolute atomic E-state index is 0.228. The van der Waals surface area contributed by atoms with Crippen molar-refractivity contribution in [2.45, 2.75) is 12.8 Å². The topological polar surface area (TPSA) is 63.4 Å². The second-order valence-electron chi connectivity index (χ2n) is 5.63. The smallest absolute Gasteiger partial charge is 0.243 e. The van der Waals surface area contributed by atoms with E-state index in [0.29, 0.717) is 6.42 Å². The van der Waals surface area contributed by atoms with E-state index in [4.69, 9.17) is 4.74 Å². The van der Waals surface area contributed by atoms with Gasteiger partial charge >= 0.3 is 0 Å². The number of benzene rings is 2. The molecular formula is C19H19FN2O3. The monoisotopic (exact) mass is 342 g/mol. The van der Waals surface area contributed by atoms with Crippen LogP contribution in [0.3, 0.4) is 0 Å². The van der Waals surface area contributed by atoms with Crippen molar-refractivity contribution in [3.8, 4) is 17.0 Å². The Bertz CT molecular complexity index is 888. The molecule has 3 rings (SSSR count). The van der Waals surface area contributed by atoms with Crippen molar-refractivity contribution in [3.63, 3.8) is 0 Å². The highest BCUT2D eigenvalue weighted by Crippen LogP contribution is 2.32. The zero-order valence-electron chi connectivity index (χ0n) is 14.1. The van der Waals surface area contributed by atoms with Gasteiger partial charge in [0.2, 0.25) is 5.91 Å². The number of rotatable bonds is 6. The molecule has 0 atom stereocenters. The zero-order valence-corrected chi connectivity index (χ0v) is 14.1. The number of amides is 1. The van der Waals surface area contributed by atoms with Gasteiger partial charge in [-0.05, 0) is 60.0 Å². The Labute approximate surface area is 144 Å². The molecule has 0 saturated heterocycles. The minimum Gasteiger partial charge on any atom is -0.497 e. The number of methoxy groups -OCH3 is 1. The molecule has 5 nitrogen and oxygen atoms in total. The number of fused-ring (bicyclic) bond motifs is 1. The number of hydroxylamine groups is 1. The predicted molar refractivity (Wildman–Crippen MR) is 93.7 cm³/mol. The van der Waals surface area contributed by atoms with Crippen LogP contribution in [-0.2, 0) is 16.1 Å². The Kier molecular flexibility index (Phi) is 5.00. The van der Waals surface area contributed by atoms with Crippen LogP contribution in [0.4, 0.5) is 4.39 Å². The van der Waals surface area contributed by atoms with E-state index in [1.54, 1.807) is 13.2 Å². The van der Waals surface area contributed by atoms with Gasteiger partial charge in [0.05, 0.1) is 14.2 Å². The van der Waals surface area contributed by atoms with Crippen molar-refractivity contribution in [1.29, 1.82) is 0 Å². The molecule has 2 aromatic carbocycles. The molecule has 0 radical (unpaired) electrons. The fraction of sp³-hybridized carbons (Fsp3) is 0.211. The standard InChI is InChI=1S/C19H19FN2O3/c1-24-14-6-3-12(4-7-14)19-15(8-10-18(23)22-25-2)16-11-13(20)5-9-17(16)21-19/h3-7,9,11,21H,8,10H2,1-2H3,(H,22,23). The van der Waals surface area contributed by atoms with Crippen LogP contribution in [0.1, 0.15) is 12.0 Å². The normalized spacial score (nSPS) is 10.8. The van der Waals surface area contributed by atoms with Crippen LogP contribution < -0.4 is 10.2 Å². The highest BCUT2D eigenvalue weighted by molar-refractivity contribution is 5.91. The number of aromatic amines is 1. The average Bonchev–Trinajstić information content (AvgIpc) is 2.98. The fourth-order valence-corrected chi connectivity index (χ4v) is 2.89. The number of hydrogen-bond acceptors (Lipinski definition) is 3. The fourth-order valence-electron chi connectivity index (χ4n) is 2.89. The highest BCUT2D eigenvalue weighted by Gasteiger charge is 2.15. The molecule has 0 aliphatic heterocycles. The molecule has 2 N–H and O–H groups in total. The van der Waals surface area contributed by atoms with E-state index >= 15 is 0 Å². The second kappa shape index (κ2) is 7.36. The van der Waals surface area contributed by atoms with Crippen LogP contribution in [0.15, 0.2) is 42.5 Å². The molecule has 130 valence electrons. The van der Waals surface area contributed by atoms with Gasteiger partial charge in [-0.25, -0.2) is 9.87 Å². The number of hydrogen-bond donors (Lipinski definition) is 2. The van der Waals surface area contributed by atoms with Crippen LogP contribution in [0.25, 0.3) is 22.2 Å². The van der Waals surface area contributed by atoms with Crippen LogP contribution in [0.5, 0.6) is 5.75 Å². The van der Waals surface area contributed by atoms with Crippen LogP contribution >= 0.6 is 0 Å². The Morgan fingerprint density at radius 2 is 1.92 bits per heavy atom. The number of nitrogens with one attached hydrogen (secondary N) is 2. The molecule has 0 bridgehead atoms. The maximum Gasteiger partial charge on any atom is 0.243 e. The molecule has 1 amide bonds. The zero-order chi connectivity index (χ0) is 17.8. The Balaban J connectivity index is 2.03. The van der Waals surface area contributed by atoms with Crippen molar-refractivity contribution < 1.29 is 18.8 Å². The van der Waals surface area contributed by atoms with Gasteiger partial charge in [0, 0.05) is 23.0 Å². The van der Waals surface area contributed by atoms with Gasteiger partial charge in [0.15, 0.2) is 0 Å². The largest absolute Gasteiger partial charge is 0.497 e. The summed E-state index contributed by atoms with van der Waals surface area (Å²) >= 11 is 0. The van der Waals surface area contributed by atoms with Gasteiger partial charge < -0.3 is 9.72 Å². The number of aromatic nitrogens is 1. The van der Waals surface area contributed by atoms with Gasteiger partial charge in [-0.1, -0.05) is 0 Å². The van der Waals surface area contributed by atoms with Crippen molar-refractivity contribution in [2.75, 3.05) is 14.2 Å². The van der Waals surface area contributed by atoms with E-state index in [1.165, 1.54) is 19.2 Å². The van der Waals surface area contributed by atoms with E-state index in [-0.39, 0.29) is 18.1 Å². The number of carbonyl (C=O) groups excluding carboxylic acids is 1. The summed E-state index contributed by atoms with van der Waals surface area (Å²) in [6, 6.07) is 12.2. The lowest BCUT2D eigenvalue weighted by Crippen LogP contribution is -2.21. The van der Waals surface area contributed by atoms with Crippen molar-refractivity contribution in [1.82, 2.24) is 10.5 Å². The Hall–Kier alpha value is -2.86. The summed E-state index contributed by atoms with van der Waals surface area (Å²) < 4.78 is 18.9. The molecule has 1 heterocycles. The number of carbonyl (C=O) groups is 1. The summed E-state index contributed by atoms with van der Waals surface area (Å²) in [5.74, 6) is 0.219. The van der Waals surface area contributed by atoms with Crippen LogP contribution in [0.2, 0.25) is 0 Å². The third kappa shape index (κ3) is 3.64. The van der Waals surface area contributed by atoms with E-state index in [2.05, 4.69) is 15.3 Å². The quantitative estimate of drug-likeness (QED) is 0.673. The molecule has 6 heteroatoms. The molecule has 0 fully saturated rings. The third-order valence-electron chi connectivity index (χ3n) is 4.06. The summed E-state index contributed by atoms with van der Waals surface area (Å²) in [5.41, 5.74) is 5.84. The molecule has 0 unspecified atom stereocenters. The molecule has 0 aliphatic rings. The van der Waals surface area contributed by atoms with Gasteiger partial charge in [-0.2, -0.15) is 0 Å². The first-order chi connectivity index (χ1) is 12.1. The lowest BCUT2D eigenvalue weighted by molar-refractivity contribution is -0.131. The van der Waals surface area contributed by atoms with E-state index in [9.17, 15) is 9.18 Å². The van der Waals surface area contributed by atoms with Gasteiger partial charge in [-0.15, -0.1) is 0 Å². The van der Waals surface area contributed by atoms with Gasteiger partial charge in [0.1, 0.15) is 11.6 Å². The molecular weight excluding hydrogens is 323 g/mol. The van der Waals surface area contributed by atoms with Crippen LogP contribution in [0, 0.1) is 5.82 Å². The number of ether oxygens (including phenoxy) is 1. The minimum atomic E-state index is -0.310. The molecule has 1 aromatic heterocycles. The molecule has 0 saturated carbocycles. The van der Waals surface area contributed by atoms with Gasteiger partial charge in [0.25, 0.3) is 0 Å². The summed E-state index contributed by atoms with van der Waals surface area (Å²) in [4.78, 5) is 19.7. The lowest BCUT2D eigenvalue weighted by atomic mass is 10.0. The van der Waals surface area contributed by atoms with Crippen molar-refractivity contribution in [3.05, 3.63) is 53.8 Å².